The number of rotatable bonds is 11. The number of nitrogens with two attached hydrogens (primary N) is 1. The molecule has 0 radical (unpaired) electrons. The zero-order valence-electron chi connectivity index (χ0n) is 23.5. The van der Waals surface area contributed by atoms with Crippen LogP contribution in [-0.2, 0) is 18.8 Å². The minimum atomic E-state index is -1.84. The van der Waals surface area contributed by atoms with Crippen LogP contribution in [0, 0.1) is 5.41 Å². The molecule has 2 fully saturated rings. The van der Waals surface area contributed by atoms with Crippen LogP contribution in [0.15, 0.2) is 30.6 Å². The van der Waals surface area contributed by atoms with Crippen LogP contribution in [0.1, 0.15) is 46.8 Å². The van der Waals surface area contributed by atoms with Crippen molar-refractivity contribution in [1.82, 2.24) is 24.6 Å². The molecule has 15 heteroatoms. The van der Waals surface area contributed by atoms with Gasteiger partial charge in [0.15, 0.2) is 17.0 Å². The van der Waals surface area contributed by atoms with Crippen LogP contribution < -0.4 is 20.7 Å². The van der Waals surface area contributed by atoms with Crippen molar-refractivity contribution in [3.8, 4) is 5.75 Å². The molecule has 0 bridgehead atoms. The highest BCUT2D eigenvalue weighted by atomic mass is 35.5. The van der Waals surface area contributed by atoms with Gasteiger partial charge in [-0.05, 0) is 51.0 Å². The van der Waals surface area contributed by atoms with Gasteiger partial charge in [0, 0.05) is 17.5 Å². The average molecular weight is 608 g/mol. The molecule has 1 aliphatic heterocycles. The summed E-state index contributed by atoms with van der Waals surface area (Å²) in [6.07, 6.45) is 0.247. The largest absolute Gasteiger partial charge is 0.462 e. The second kappa shape index (κ2) is 11.5. The summed E-state index contributed by atoms with van der Waals surface area (Å²) in [5.74, 6) is 0.731. The number of nitrogen functional groups attached to an aromatic ring is 1. The minimum Gasteiger partial charge on any atom is -0.462 e. The topological polar surface area (TPSA) is 168 Å². The number of carbonyl (C=O) groups is 1. The van der Waals surface area contributed by atoms with Crippen molar-refractivity contribution in [1.29, 1.82) is 0 Å². The molecule has 0 amide bonds. The van der Waals surface area contributed by atoms with E-state index in [9.17, 15) is 9.90 Å². The zero-order valence-corrected chi connectivity index (χ0v) is 25.1. The molecule has 1 saturated carbocycles. The first kappa shape index (κ1) is 29.7. The summed E-state index contributed by atoms with van der Waals surface area (Å²) in [5, 5.41) is 18.1. The summed E-state index contributed by atoms with van der Waals surface area (Å²) >= 11 is 6.04. The number of aliphatic hydroxyl groups is 1. The fraction of sp³-hybridized carbons (Fsp3) is 0.538. The van der Waals surface area contributed by atoms with Gasteiger partial charge in [-0.2, -0.15) is 9.97 Å². The normalized spacial score (nSPS) is 23.5. The van der Waals surface area contributed by atoms with Crippen molar-refractivity contribution in [2.75, 3.05) is 24.7 Å². The number of benzene rings is 1. The number of ether oxygens (including phenoxy) is 2. The molecule has 5 N–H and O–H groups in total. The first-order chi connectivity index (χ1) is 19.4. The van der Waals surface area contributed by atoms with Gasteiger partial charge in [0.25, 0.3) is 0 Å². The number of carbonyl (C=O) groups excluding carboxylic acids is 1. The van der Waals surface area contributed by atoms with Crippen molar-refractivity contribution in [3.05, 3.63) is 35.6 Å². The van der Waals surface area contributed by atoms with Crippen molar-refractivity contribution in [2.24, 2.45) is 5.41 Å². The van der Waals surface area contributed by atoms with E-state index in [-0.39, 0.29) is 24.6 Å². The quantitative estimate of drug-likeness (QED) is 0.184. The molecule has 1 saturated heterocycles. The van der Waals surface area contributed by atoms with Crippen molar-refractivity contribution in [2.45, 2.75) is 70.6 Å². The Bertz CT molecular complexity index is 1400. The predicted molar refractivity (Wildman–Crippen MR) is 154 cm³/mol. The lowest BCUT2D eigenvalue weighted by Crippen LogP contribution is -2.40. The molecular formula is C26H35ClN7O6P. The lowest BCUT2D eigenvalue weighted by Gasteiger charge is -2.29. The average Bonchev–Trinajstić information content (AvgIpc) is 3.53. The molecule has 0 spiro atoms. The highest BCUT2D eigenvalue weighted by Gasteiger charge is 2.55. The number of hydrogen-bond acceptors (Lipinski definition) is 12. The lowest BCUT2D eigenvalue weighted by molar-refractivity contribution is -0.150. The second-order valence-electron chi connectivity index (χ2n) is 11.0. The smallest absolute Gasteiger partial charge is 0.327 e. The molecule has 5 rings (SSSR count). The fourth-order valence-corrected chi connectivity index (χ4v) is 6.23. The third-order valence-corrected chi connectivity index (χ3v) is 8.75. The van der Waals surface area contributed by atoms with Crippen LogP contribution >= 0.6 is 20.1 Å². The van der Waals surface area contributed by atoms with Gasteiger partial charge >= 0.3 is 14.5 Å². The van der Waals surface area contributed by atoms with Gasteiger partial charge in [0.1, 0.15) is 23.6 Å². The molecule has 222 valence electrons. The maximum Gasteiger partial charge on any atom is 0.327 e. The number of esters is 1. The van der Waals surface area contributed by atoms with E-state index in [2.05, 4.69) is 25.4 Å². The zero-order chi connectivity index (χ0) is 29.5. The number of aromatic nitrogens is 4. The number of nitrogens with zero attached hydrogens (tertiary/aromatic N) is 4. The monoisotopic (exact) mass is 607 g/mol. The first-order valence-corrected chi connectivity index (χ1v) is 14.9. The molecule has 3 heterocycles. The molecule has 41 heavy (non-hydrogen) atoms. The molecule has 3 aromatic rings. The summed E-state index contributed by atoms with van der Waals surface area (Å²) in [6, 6.07) is 6.83. The summed E-state index contributed by atoms with van der Waals surface area (Å²) in [7, 11) is -0.121. The highest BCUT2D eigenvalue weighted by molar-refractivity contribution is 7.45. The third kappa shape index (κ3) is 6.06. The molecule has 2 aromatic heterocycles. The summed E-state index contributed by atoms with van der Waals surface area (Å²) < 4.78 is 25.9. The molecule has 2 aliphatic rings. The lowest BCUT2D eigenvalue weighted by atomic mass is 9.84. The van der Waals surface area contributed by atoms with E-state index in [1.165, 1.54) is 0 Å². The van der Waals surface area contributed by atoms with E-state index in [0.29, 0.717) is 40.6 Å². The van der Waals surface area contributed by atoms with Crippen LogP contribution in [0.3, 0.4) is 0 Å². The number of imidazole rings is 1. The number of halogens is 1. The molecule has 4 atom stereocenters. The molecular weight excluding hydrogens is 573 g/mol. The first-order valence-electron chi connectivity index (χ1n) is 13.3. The number of aliphatic hydroxyl groups excluding tert-OH is 1. The third-order valence-electron chi connectivity index (χ3n) is 7.13. The van der Waals surface area contributed by atoms with Gasteiger partial charge < -0.3 is 34.7 Å². The van der Waals surface area contributed by atoms with E-state index < -0.39 is 37.9 Å². The number of fused-ring (bicyclic) bond motifs is 1. The fourth-order valence-electron chi connectivity index (χ4n) is 4.68. The van der Waals surface area contributed by atoms with Crippen molar-refractivity contribution < 1.29 is 28.4 Å². The van der Waals surface area contributed by atoms with Gasteiger partial charge in [-0.1, -0.05) is 25.4 Å². The van der Waals surface area contributed by atoms with Gasteiger partial charge in [-0.25, -0.2) is 10.1 Å². The molecule has 2 unspecified atom stereocenters. The maximum atomic E-state index is 12.8. The van der Waals surface area contributed by atoms with Crippen LogP contribution in [0.4, 0.5) is 11.8 Å². The van der Waals surface area contributed by atoms with E-state index in [4.69, 9.17) is 35.9 Å². The van der Waals surface area contributed by atoms with Crippen LogP contribution in [0.2, 0.25) is 5.02 Å². The van der Waals surface area contributed by atoms with Gasteiger partial charge in [-0.3, -0.25) is 9.36 Å². The predicted octanol–water partition coefficient (Wildman–Crippen LogP) is 3.78. The summed E-state index contributed by atoms with van der Waals surface area (Å²) in [5.41, 5.74) is 5.29. The Hall–Kier alpha value is -2.80. The van der Waals surface area contributed by atoms with E-state index in [0.717, 1.165) is 0 Å². The van der Waals surface area contributed by atoms with Crippen LogP contribution in [0.5, 0.6) is 5.75 Å². The van der Waals surface area contributed by atoms with Gasteiger partial charge in [0.2, 0.25) is 5.95 Å². The Morgan fingerprint density at radius 1 is 1.29 bits per heavy atom. The SMILES string of the molecule is CNc1nc(N)nc2c1ncn2[C@@H]1OC(COP(NC2(C(=O)OC(C)C)CC2)Oc2ccc(Cl)cc2)[C@@H](O)C1(C)C. The number of hydrogen-bond donors (Lipinski definition) is 4. The van der Waals surface area contributed by atoms with Crippen molar-refractivity contribution in [3.63, 3.8) is 0 Å². The summed E-state index contributed by atoms with van der Waals surface area (Å²) in [4.78, 5) is 25.8. The molecule has 13 nitrogen and oxygen atoms in total. The maximum absolute atomic E-state index is 12.8. The standard InChI is InChI=1S/C26H35ClN7O6P/c1-14(2)38-23(36)26(10-11-26)33-41(40-16-8-6-15(27)7-9-16)37-12-17-19(35)25(3,4)22(39-17)34-13-30-18-20(29-5)31-24(28)32-21(18)34/h6-9,13-14,17,19,22,33,35H,10-12H2,1-5H3,(H3,28,29,31,32)/t17?,19-,22-,41?/m1/s1. The highest BCUT2D eigenvalue weighted by Crippen LogP contribution is 2.50. The van der Waals surface area contributed by atoms with Crippen LogP contribution in [-0.4, -0.2) is 68.1 Å². The van der Waals surface area contributed by atoms with E-state index in [1.807, 2.05) is 13.8 Å². The van der Waals surface area contributed by atoms with Crippen molar-refractivity contribution >= 4 is 49.0 Å². The number of nitrogens with one attached hydrogen (secondary N) is 2. The Morgan fingerprint density at radius 3 is 2.63 bits per heavy atom. The van der Waals surface area contributed by atoms with Gasteiger partial charge in [0.05, 0.1) is 25.1 Å². The Kier molecular flexibility index (Phi) is 8.30. The number of anilines is 2. The Morgan fingerprint density at radius 2 is 2.00 bits per heavy atom. The molecule has 1 aromatic carbocycles. The van der Waals surface area contributed by atoms with Crippen LogP contribution in [0.25, 0.3) is 11.2 Å². The summed E-state index contributed by atoms with van der Waals surface area (Å²) in [6.45, 7) is 7.37. The molecule has 1 aliphatic carbocycles. The van der Waals surface area contributed by atoms with E-state index in [1.54, 1.807) is 56.1 Å². The van der Waals surface area contributed by atoms with Gasteiger partial charge in [-0.15, -0.1) is 0 Å². The Labute approximate surface area is 244 Å². The second-order valence-corrected chi connectivity index (χ2v) is 12.7. The van der Waals surface area contributed by atoms with E-state index >= 15 is 0 Å². The minimum absolute atomic E-state index is 0.0196. The Balaban J connectivity index is 1.34.